The van der Waals surface area contributed by atoms with E-state index in [1.165, 1.54) is 11.0 Å². The van der Waals surface area contributed by atoms with Crippen molar-refractivity contribution in [3.63, 3.8) is 0 Å². The molecule has 1 aromatic carbocycles. The zero-order valence-corrected chi connectivity index (χ0v) is 17.0. The zero-order chi connectivity index (χ0) is 21.1. The van der Waals surface area contributed by atoms with Crippen molar-refractivity contribution in [2.45, 2.75) is 46.1 Å². The van der Waals surface area contributed by atoms with Gasteiger partial charge in [0.1, 0.15) is 17.7 Å². The summed E-state index contributed by atoms with van der Waals surface area (Å²) in [6, 6.07) is 4.61. The average molecular weight is 393 g/mol. The minimum Gasteiger partial charge on any atom is -0.466 e. The van der Waals surface area contributed by atoms with Gasteiger partial charge in [-0.05, 0) is 51.8 Å². The predicted molar refractivity (Wildman–Crippen MR) is 101 cm³/mol. The van der Waals surface area contributed by atoms with E-state index < -0.39 is 41.2 Å². The highest BCUT2D eigenvalue weighted by atomic mass is 19.1. The normalized spacial score (nSPS) is 22.5. The first-order chi connectivity index (χ1) is 13.1. The van der Waals surface area contributed by atoms with Crippen molar-refractivity contribution in [3.8, 4) is 0 Å². The molecule has 0 unspecified atom stereocenters. The van der Waals surface area contributed by atoms with Crippen LogP contribution in [-0.4, -0.2) is 48.5 Å². The van der Waals surface area contributed by atoms with E-state index in [2.05, 4.69) is 0 Å². The van der Waals surface area contributed by atoms with E-state index in [1.807, 2.05) is 0 Å². The van der Waals surface area contributed by atoms with Crippen molar-refractivity contribution in [1.29, 1.82) is 0 Å². The minimum atomic E-state index is -0.795. The molecular weight excluding hydrogens is 365 g/mol. The van der Waals surface area contributed by atoms with Gasteiger partial charge in [-0.1, -0.05) is 12.1 Å². The molecule has 154 valence electrons. The second-order valence-electron chi connectivity index (χ2n) is 8.02. The Labute approximate surface area is 165 Å². The van der Waals surface area contributed by atoms with Crippen LogP contribution in [0.25, 0.3) is 0 Å². The summed E-state index contributed by atoms with van der Waals surface area (Å²) < 4.78 is 24.7. The molecule has 0 aromatic heterocycles. The monoisotopic (exact) mass is 393 g/mol. The Hall–Kier alpha value is -2.44. The molecule has 7 heteroatoms. The maximum absolute atomic E-state index is 14.1. The summed E-state index contributed by atoms with van der Waals surface area (Å²) in [6.07, 6.45) is 0.126. The standard InChI is InChI=1S/C21H28FNO5/c1-6-27-19(25)16-11-23(20(26)28-21(3,4)5)10-14(12-24)18(16)15-8-7-9-17(22)13(15)2/h7-9,12,14,16,18H,6,10-11H2,1-5H3/t14-,16-,18+/m0/s1. The van der Waals surface area contributed by atoms with E-state index in [0.29, 0.717) is 11.1 Å². The van der Waals surface area contributed by atoms with Crippen molar-refractivity contribution in [2.75, 3.05) is 19.7 Å². The molecule has 0 N–H and O–H groups in total. The average Bonchev–Trinajstić information content (AvgIpc) is 2.61. The third-order valence-corrected chi connectivity index (χ3v) is 4.83. The Morgan fingerprint density at radius 1 is 1.29 bits per heavy atom. The number of piperidine rings is 1. The van der Waals surface area contributed by atoms with Crippen LogP contribution in [0, 0.1) is 24.6 Å². The number of aldehydes is 1. The smallest absolute Gasteiger partial charge is 0.410 e. The van der Waals surface area contributed by atoms with Crippen molar-refractivity contribution in [3.05, 3.63) is 35.1 Å². The van der Waals surface area contributed by atoms with Crippen LogP contribution in [0.5, 0.6) is 0 Å². The molecule has 1 amide bonds. The number of esters is 1. The number of carbonyl (C=O) groups is 3. The first-order valence-electron chi connectivity index (χ1n) is 9.44. The van der Waals surface area contributed by atoms with Crippen LogP contribution in [-0.2, 0) is 19.1 Å². The zero-order valence-electron chi connectivity index (χ0n) is 17.0. The summed E-state index contributed by atoms with van der Waals surface area (Å²) in [4.78, 5) is 38.5. The van der Waals surface area contributed by atoms with Crippen molar-refractivity contribution >= 4 is 18.3 Å². The van der Waals surface area contributed by atoms with Gasteiger partial charge < -0.3 is 19.2 Å². The van der Waals surface area contributed by atoms with E-state index in [-0.39, 0.29) is 19.7 Å². The third kappa shape index (κ3) is 4.88. The number of nitrogens with zero attached hydrogens (tertiary/aromatic N) is 1. The number of hydrogen-bond acceptors (Lipinski definition) is 5. The third-order valence-electron chi connectivity index (χ3n) is 4.83. The van der Waals surface area contributed by atoms with Gasteiger partial charge in [-0.15, -0.1) is 0 Å². The van der Waals surface area contributed by atoms with Crippen LogP contribution < -0.4 is 0 Å². The quantitative estimate of drug-likeness (QED) is 0.579. The Balaban J connectivity index is 2.43. The number of rotatable bonds is 4. The molecule has 0 saturated carbocycles. The predicted octanol–water partition coefficient (Wildman–Crippen LogP) is 3.46. The van der Waals surface area contributed by atoms with Gasteiger partial charge in [0.2, 0.25) is 0 Å². The topological polar surface area (TPSA) is 72.9 Å². The van der Waals surface area contributed by atoms with E-state index in [4.69, 9.17) is 9.47 Å². The van der Waals surface area contributed by atoms with Gasteiger partial charge in [0.05, 0.1) is 12.5 Å². The molecule has 3 atom stereocenters. The molecule has 2 rings (SSSR count). The second-order valence-corrected chi connectivity index (χ2v) is 8.02. The minimum absolute atomic E-state index is 0.0404. The maximum Gasteiger partial charge on any atom is 0.410 e. The highest BCUT2D eigenvalue weighted by Gasteiger charge is 2.45. The summed E-state index contributed by atoms with van der Waals surface area (Å²) in [5, 5.41) is 0. The molecule has 1 aromatic rings. The summed E-state index contributed by atoms with van der Waals surface area (Å²) in [5.41, 5.74) is 0.266. The highest BCUT2D eigenvalue weighted by Crippen LogP contribution is 2.39. The van der Waals surface area contributed by atoms with Crippen LogP contribution in [0.4, 0.5) is 9.18 Å². The van der Waals surface area contributed by atoms with Gasteiger partial charge in [0, 0.05) is 24.9 Å². The fraction of sp³-hybridized carbons (Fsp3) is 0.571. The number of halogens is 1. The first-order valence-corrected chi connectivity index (χ1v) is 9.44. The molecule has 1 heterocycles. The van der Waals surface area contributed by atoms with Crippen LogP contribution in [0.1, 0.15) is 44.7 Å². The van der Waals surface area contributed by atoms with Gasteiger partial charge in [-0.2, -0.15) is 0 Å². The lowest BCUT2D eigenvalue weighted by atomic mass is 9.73. The first kappa shape index (κ1) is 21.9. The largest absolute Gasteiger partial charge is 0.466 e. The molecule has 1 fully saturated rings. The molecule has 28 heavy (non-hydrogen) atoms. The Kier molecular flexibility index (Phi) is 6.80. The summed E-state index contributed by atoms with van der Waals surface area (Å²) in [6.45, 7) is 8.84. The van der Waals surface area contributed by atoms with Crippen molar-refractivity contribution in [1.82, 2.24) is 4.90 Å². The van der Waals surface area contributed by atoms with Crippen LogP contribution in [0.15, 0.2) is 18.2 Å². The van der Waals surface area contributed by atoms with Crippen molar-refractivity contribution < 1.29 is 28.2 Å². The van der Waals surface area contributed by atoms with Crippen LogP contribution in [0.3, 0.4) is 0 Å². The lowest BCUT2D eigenvalue weighted by molar-refractivity contribution is -0.151. The number of benzene rings is 1. The van der Waals surface area contributed by atoms with Gasteiger partial charge >= 0.3 is 12.1 Å². The second kappa shape index (κ2) is 8.71. The molecule has 6 nitrogen and oxygen atoms in total. The van der Waals surface area contributed by atoms with Gasteiger partial charge in [-0.25, -0.2) is 9.18 Å². The highest BCUT2D eigenvalue weighted by molar-refractivity contribution is 5.78. The maximum atomic E-state index is 14.1. The number of carbonyl (C=O) groups excluding carboxylic acids is 3. The number of hydrogen-bond donors (Lipinski definition) is 0. The van der Waals surface area contributed by atoms with E-state index in [9.17, 15) is 18.8 Å². The molecule has 1 aliphatic rings. The van der Waals surface area contributed by atoms with Gasteiger partial charge in [-0.3, -0.25) is 4.79 Å². The van der Waals surface area contributed by atoms with Gasteiger partial charge in [0.15, 0.2) is 0 Å². The molecule has 0 aliphatic carbocycles. The SMILES string of the molecule is CCOC(=O)[C@H]1CN(C(=O)OC(C)(C)C)C[C@@H](C=O)[C@@H]1c1cccc(F)c1C. The summed E-state index contributed by atoms with van der Waals surface area (Å²) >= 11 is 0. The van der Waals surface area contributed by atoms with E-state index in [0.717, 1.165) is 6.29 Å². The van der Waals surface area contributed by atoms with Gasteiger partial charge in [0.25, 0.3) is 0 Å². The van der Waals surface area contributed by atoms with Crippen LogP contribution in [0.2, 0.25) is 0 Å². The summed E-state index contributed by atoms with van der Waals surface area (Å²) in [5.74, 6) is -2.98. The van der Waals surface area contributed by atoms with E-state index >= 15 is 0 Å². The lowest BCUT2D eigenvalue weighted by Crippen LogP contribution is -2.52. The molecule has 0 spiro atoms. The molecule has 1 saturated heterocycles. The number of ether oxygens (including phenoxy) is 2. The van der Waals surface area contributed by atoms with E-state index in [1.54, 1.807) is 46.8 Å². The Morgan fingerprint density at radius 2 is 1.96 bits per heavy atom. The van der Waals surface area contributed by atoms with Crippen molar-refractivity contribution in [2.24, 2.45) is 11.8 Å². The molecular formula is C21H28FNO5. The number of likely N-dealkylation sites (tertiary alicyclic amines) is 1. The molecule has 0 bridgehead atoms. The Bertz CT molecular complexity index is 743. The Morgan fingerprint density at radius 3 is 2.54 bits per heavy atom. The molecule has 1 aliphatic heterocycles. The molecule has 0 radical (unpaired) electrons. The number of amides is 1. The fourth-order valence-corrected chi connectivity index (χ4v) is 3.60. The fourth-order valence-electron chi connectivity index (χ4n) is 3.60. The summed E-state index contributed by atoms with van der Waals surface area (Å²) in [7, 11) is 0. The van der Waals surface area contributed by atoms with Crippen LogP contribution >= 0.6 is 0 Å². The lowest BCUT2D eigenvalue weighted by Gasteiger charge is -2.41.